The Labute approximate surface area is 200 Å². The van der Waals surface area contributed by atoms with E-state index in [0.29, 0.717) is 23.6 Å². The van der Waals surface area contributed by atoms with E-state index in [4.69, 9.17) is 0 Å². The number of aliphatic hydroxyl groups excluding tert-OH is 1. The van der Waals surface area contributed by atoms with Gasteiger partial charge in [-0.05, 0) is 50.7 Å². The molecule has 1 aromatic heterocycles. The van der Waals surface area contributed by atoms with Gasteiger partial charge in [0.25, 0.3) is 5.56 Å². The van der Waals surface area contributed by atoms with Gasteiger partial charge in [-0.1, -0.05) is 44.2 Å². The lowest BCUT2D eigenvalue weighted by Gasteiger charge is -2.45. The van der Waals surface area contributed by atoms with Crippen LogP contribution in [0.4, 0.5) is 5.82 Å². The maximum absolute atomic E-state index is 13.6. The predicted molar refractivity (Wildman–Crippen MR) is 131 cm³/mol. The molecule has 34 heavy (non-hydrogen) atoms. The first-order valence-electron chi connectivity index (χ1n) is 13.0. The molecule has 2 aromatic rings. The average Bonchev–Trinajstić information content (AvgIpc) is 3.06. The molecule has 2 bridgehead atoms. The molecule has 5 rings (SSSR count). The van der Waals surface area contributed by atoms with Gasteiger partial charge >= 0.3 is 5.97 Å². The van der Waals surface area contributed by atoms with Crippen molar-refractivity contribution in [2.75, 3.05) is 11.9 Å². The van der Waals surface area contributed by atoms with Gasteiger partial charge in [-0.15, -0.1) is 0 Å². The van der Waals surface area contributed by atoms with E-state index in [1.807, 2.05) is 28.8 Å². The fourth-order valence-electron chi connectivity index (χ4n) is 6.69. The molecule has 4 atom stereocenters. The van der Waals surface area contributed by atoms with E-state index in [2.05, 4.69) is 15.2 Å². The van der Waals surface area contributed by atoms with Crippen molar-refractivity contribution < 1.29 is 15.0 Å². The Morgan fingerprint density at radius 3 is 2.26 bits per heavy atom. The smallest absolute Gasteiger partial charge is 0.328 e. The summed E-state index contributed by atoms with van der Waals surface area (Å²) in [6.45, 7) is -0.618. The van der Waals surface area contributed by atoms with Crippen molar-refractivity contribution in [1.82, 2.24) is 14.5 Å². The third kappa shape index (κ3) is 4.45. The number of carbonyl (C=O) groups is 1. The summed E-state index contributed by atoms with van der Waals surface area (Å²) in [7, 11) is 0. The third-order valence-electron chi connectivity index (χ3n) is 8.21. The molecular weight excluding hydrogens is 432 g/mol. The van der Waals surface area contributed by atoms with E-state index < -0.39 is 18.6 Å². The van der Waals surface area contributed by atoms with Crippen LogP contribution in [0.25, 0.3) is 11.0 Å². The number of hydrogen-bond donors (Lipinski definition) is 3. The summed E-state index contributed by atoms with van der Waals surface area (Å²) in [5, 5.41) is 21.5. The molecule has 2 saturated heterocycles. The molecule has 2 aliphatic heterocycles. The minimum atomic E-state index is -1.27. The van der Waals surface area contributed by atoms with Crippen LogP contribution in [0.5, 0.6) is 0 Å². The lowest BCUT2D eigenvalue weighted by molar-refractivity contribution is -0.138. The second-order valence-corrected chi connectivity index (χ2v) is 10.3. The fourth-order valence-corrected chi connectivity index (χ4v) is 6.69. The summed E-state index contributed by atoms with van der Waals surface area (Å²) in [6, 6.07) is 8.01. The predicted octanol–water partition coefficient (Wildman–Crippen LogP) is 3.53. The van der Waals surface area contributed by atoms with Crippen LogP contribution in [-0.2, 0) is 4.79 Å². The summed E-state index contributed by atoms with van der Waals surface area (Å²) < 4.78 is 1.85. The Bertz CT molecular complexity index is 1060. The van der Waals surface area contributed by atoms with Crippen LogP contribution in [0, 0.1) is 0 Å². The number of anilines is 1. The van der Waals surface area contributed by atoms with Crippen molar-refractivity contribution >= 4 is 22.8 Å². The van der Waals surface area contributed by atoms with E-state index in [-0.39, 0.29) is 17.4 Å². The minimum Gasteiger partial charge on any atom is -0.480 e. The normalized spacial score (nSPS) is 27.3. The van der Waals surface area contributed by atoms with Crippen LogP contribution in [0.15, 0.2) is 29.1 Å². The fraction of sp³-hybridized carbons (Fsp3) is 0.654. The zero-order valence-electron chi connectivity index (χ0n) is 19.7. The maximum atomic E-state index is 13.6. The number of rotatable bonds is 6. The molecule has 184 valence electrons. The van der Waals surface area contributed by atoms with Gasteiger partial charge in [0.05, 0.1) is 17.6 Å². The van der Waals surface area contributed by atoms with Gasteiger partial charge in [-0.2, -0.15) is 0 Å². The molecule has 8 heteroatoms. The van der Waals surface area contributed by atoms with Crippen molar-refractivity contribution in [2.24, 2.45) is 0 Å². The number of carboxylic acid groups (broad SMARTS) is 1. The van der Waals surface area contributed by atoms with Crippen LogP contribution < -0.4 is 10.9 Å². The lowest BCUT2D eigenvalue weighted by atomic mass is 9.89. The molecule has 0 spiro atoms. The second-order valence-electron chi connectivity index (χ2n) is 10.3. The molecule has 1 aromatic carbocycles. The third-order valence-corrected chi connectivity index (χ3v) is 8.21. The van der Waals surface area contributed by atoms with Gasteiger partial charge < -0.3 is 20.1 Å². The summed E-state index contributed by atoms with van der Waals surface area (Å²) >= 11 is 0. The molecule has 1 aliphatic carbocycles. The van der Waals surface area contributed by atoms with Crippen molar-refractivity contribution in [2.45, 2.75) is 101 Å². The Kier molecular flexibility index (Phi) is 6.88. The molecule has 8 nitrogen and oxygen atoms in total. The molecule has 3 heterocycles. The standard InChI is InChI=1S/C26H36N4O4/c31-16-22(26(33)34)28-24-25(32)30(23-11-7-6-10-21(23)27-24)20-14-18-12-13-19(15-20)29(18)17-8-4-2-1-3-5-9-17/h6-7,10-11,17-20,22,31H,1-5,8-9,12-16H2,(H,27,28)(H,33,34)/t18-,19+,20+,22-/m0/s1. The molecule has 0 radical (unpaired) electrons. The lowest BCUT2D eigenvalue weighted by Crippen LogP contribution is -2.50. The van der Waals surface area contributed by atoms with Gasteiger partial charge in [0.2, 0.25) is 0 Å². The molecule has 0 unspecified atom stereocenters. The zero-order chi connectivity index (χ0) is 23.7. The van der Waals surface area contributed by atoms with E-state index in [1.165, 1.54) is 57.8 Å². The summed E-state index contributed by atoms with van der Waals surface area (Å²) in [5.41, 5.74) is 1.14. The summed E-state index contributed by atoms with van der Waals surface area (Å²) in [4.78, 5) is 32.3. The average molecular weight is 469 g/mol. The minimum absolute atomic E-state index is 0.00468. The number of hydrogen-bond acceptors (Lipinski definition) is 6. The van der Waals surface area contributed by atoms with Crippen LogP contribution in [0.3, 0.4) is 0 Å². The Morgan fingerprint density at radius 1 is 0.971 bits per heavy atom. The number of aliphatic hydroxyl groups is 1. The highest BCUT2D eigenvalue weighted by molar-refractivity contribution is 5.79. The highest BCUT2D eigenvalue weighted by Crippen LogP contribution is 2.44. The van der Waals surface area contributed by atoms with Gasteiger partial charge in [0.15, 0.2) is 5.82 Å². The molecule has 3 N–H and O–H groups in total. The van der Waals surface area contributed by atoms with Crippen LogP contribution in [-0.4, -0.2) is 61.4 Å². The Balaban J connectivity index is 1.46. The van der Waals surface area contributed by atoms with E-state index in [0.717, 1.165) is 18.4 Å². The van der Waals surface area contributed by atoms with Gasteiger partial charge in [0, 0.05) is 24.2 Å². The molecule has 3 fully saturated rings. The number of nitrogens with one attached hydrogen (secondary N) is 1. The number of nitrogens with zero attached hydrogens (tertiary/aromatic N) is 3. The first kappa shape index (κ1) is 23.3. The van der Waals surface area contributed by atoms with Crippen molar-refractivity contribution in [3.05, 3.63) is 34.6 Å². The zero-order valence-corrected chi connectivity index (χ0v) is 19.7. The molecule has 0 amide bonds. The van der Waals surface area contributed by atoms with E-state index in [9.17, 15) is 19.8 Å². The van der Waals surface area contributed by atoms with Crippen LogP contribution in [0.1, 0.15) is 76.7 Å². The van der Waals surface area contributed by atoms with Gasteiger partial charge in [-0.25, -0.2) is 9.78 Å². The van der Waals surface area contributed by atoms with Crippen molar-refractivity contribution in [3.63, 3.8) is 0 Å². The monoisotopic (exact) mass is 468 g/mol. The van der Waals surface area contributed by atoms with Crippen molar-refractivity contribution in [3.8, 4) is 0 Å². The van der Waals surface area contributed by atoms with Gasteiger partial charge in [-0.3, -0.25) is 9.69 Å². The number of carboxylic acids is 1. The number of fused-ring (bicyclic) bond motifs is 3. The first-order valence-corrected chi connectivity index (χ1v) is 13.0. The second kappa shape index (κ2) is 10.0. The largest absolute Gasteiger partial charge is 0.480 e. The van der Waals surface area contributed by atoms with Crippen LogP contribution in [0.2, 0.25) is 0 Å². The molecular formula is C26H36N4O4. The number of benzene rings is 1. The van der Waals surface area contributed by atoms with E-state index in [1.54, 1.807) is 0 Å². The van der Waals surface area contributed by atoms with Gasteiger partial charge in [0.1, 0.15) is 6.04 Å². The van der Waals surface area contributed by atoms with E-state index >= 15 is 0 Å². The highest BCUT2D eigenvalue weighted by atomic mass is 16.4. The van der Waals surface area contributed by atoms with Crippen molar-refractivity contribution in [1.29, 1.82) is 0 Å². The highest BCUT2D eigenvalue weighted by Gasteiger charge is 2.44. The van der Waals surface area contributed by atoms with Crippen LogP contribution >= 0.6 is 0 Å². The summed E-state index contributed by atoms with van der Waals surface area (Å²) in [6.07, 6.45) is 13.5. The number of aliphatic carboxylic acids is 1. The maximum Gasteiger partial charge on any atom is 0.328 e. The molecule has 3 aliphatic rings. The molecule has 1 saturated carbocycles. The number of piperidine rings is 1. The SMILES string of the molecule is O=C(O)[C@H](CO)Nc1nc2ccccc2n([C@H]2C[C@H]3CC[C@@H](C2)N3C2CCCCCCC2)c1=O. The quantitative estimate of drug-likeness (QED) is 0.595. The topological polar surface area (TPSA) is 108 Å². The Morgan fingerprint density at radius 2 is 1.62 bits per heavy atom. The summed E-state index contributed by atoms with van der Waals surface area (Å²) in [5.74, 6) is -1.22. The first-order chi connectivity index (χ1) is 16.6. The number of para-hydroxylation sites is 2. The Hall–Kier alpha value is -2.45. The number of aromatic nitrogens is 2.